The molecule has 3 heteroatoms. The first kappa shape index (κ1) is 9.86. The topological polar surface area (TPSA) is 30.5 Å². The van der Waals surface area contributed by atoms with Crippen molar-refractivity contribution in [3.63, 3.8) is 0 Å². The number of benzene rings is 1. The highest BCUT2D eigenvalue weighted by atomic mass is 16.7. The molecule has 1 aromatic carbocycles. The minimum atomic E-state index is 0.645. The van der Waals surface area contributed by atoms with Gasteiger partial charge in [-0.2, -0.15) is 5.48 Å². The van der Waals surface area contributed by atoms with Crippen molar-refractivity contribution in [1.82, 2.24) is 5.48 Å². The predicted octanol–water partition coefficient (Wildman–Crippen LogP) is 1.99. The average molecular weight is 181 g/mol. The Bertz CT molecular complexity index is 250. The Morgan fingerprint density at radius 3 is 2.46 bits per heavy atom. The highest BCUT2D eigenvalue weighted by Gasteiger charge is 2.01. The van der Waals surface area contributed by atoms with Crippen molar-refractivity contribution in [1.29, 1.82) is 0 Å². The van der Waals surface area contributed by atoms with Crippen LogP contribution < -0.4 is 15.1 Å². The van der Waals surface area contributed by atoms with Crippen molar-refractivity contribution >= 4 is 0 Å². The molecule has 1 rings (SSSR count). The van der Waals surface area contributed by atoms with Crippen LogP contribution in [0.2, 0.25) is 0 Å². The number of hydroxylamine groups is 1. The van der Waals surface area contributed by atoms with Crippen LogP contribution in [0.4, 0.5) is 0 Å². The molecule has 0 spiro atoms. The molecule has 1 aromatic rings. The number of nitrogens with one attached hydrogen (secondary N) is 1. The Balaban J connectivity index is 2.66. The highest BCUT2D eigenvalue weighted by molar-refractivity contribution is 5.39. The fourth-order valence-corrected chi connectivity index (χ4v) is 0.959. The van der Waals surface area contributed by atoms with Gasteiger partial charge in [-0.15, -0.1) is 0 Å². The van der Waals surface area contributed by atoms with E-state index in [9.17, 15) is 0 Å². The third kappa shape index (κ3) is 2.95. The van der Waals surface area contributed by atoms with E-state index in [0.29, 0.717) is 6.61 Å². The lowest BCUT2D eigenvalue weighted by Gasteiger charge is -2.10. The molecule has 0 radical (unpaired) electrons. The summed E-state index contributed by atoms with van der Waals surface area (Å²) < 4.78 is 5.37. The molecular formula is C10H15NO2. The molecular weight excluding hydrogens is 166 g/mol. The van der Waals surface area contributed by atoms with Gasteiger partial charge in [0.05, 0.1) is 6.61 Å². The smallest absolute Gasteiger partial charge is 0.188 e. The van der Waals surface area contributed by atoms with Crippen LogP contribution in [0.3, 0.4) is 0 Å². The first-order chi connectivity index (χ1) is 6.38. The van der Waals surface area contributed by atoms with E-state index < -0.39 is 0 Å². The molecule has 0 aliphatic carbocycles. The molecule has 13 heavy (non-hydrogen) atoms. The quantitative estimate of drug-likeness (QED) is 0.705. The lowest BCUT2D eigenvalue weighted by Crippen LogP contribution is -2.17. The van der Waals surface area contributed by atoms with E-state index in [1.54, 1.807) is 0 Å². The molecule has 0 amide bonds. The lowest BCUT2D eigenvalue weighted by atomic mass is 10.3. The van der Waals surface area contributed by atoms with Gasteiger partial charge in [0.15, 0.2) is 11.5 Å². The van der Waals surface area contributed by atoms with Crippen molar-refractivity contribution < 1.29 is 9.57 Å². The normalized spacial score (nSPS) is 9.69. The van der Waals surface area contributed by atoms with Crippen LogP contribution in [-0.2, 0) is 0 Å². The number of para-hydroxylation sites is 2. The molecule has 0 atom stereocenters. The number of ether oxygens (including phenoxy) is 1. The third-order valence-corrected chi connectivity index (χ3v) is 1.48. The summed E-state index contributed by atoms with van der Waals surface area (Å²) in [6.45, 7) is 5.33. The molecule has 0 aromatic heterocycles. The molecule has 0 bridgehead atoms. The molecule has 0 saturated carbocycles. The average Bonchev–Trinajstić information content (AvgIpc) is 2.17. The van der Waals surface area contributed by atoms with E-state index in [-0.39, 0.29) is 0 Å². The number of hydrogen-bond acceptors (Lipinski definition) is 3. The van der Waals surface area contributed by atoms with Crippen molar-refractivity contribution in [2.75, 3.05) is 13.2 Å². The van der Waals surface area contributed by atoms with Gasteiger partial charge in [0.2, 0.25) is 0 Å². The first-order valence-corrected chi connectivity index (χ1v) is 4.50. The highest BCUT2D eigenvalue weighted by Crippen LogP contribution is 2.25. The molecule has 1 N–H and O–H groups in total. The Morgan fingerprint density at radius 1 is 1.15 bits per heavy atom. The van der Waals surface area contributed by atoms with E-state index in [1.807, 2.05) is 38.1 Å². The van der Waals surface area contributed by atoms with Gasteiger partial charge in [0, 0.05) is 6.54 Å². The van der Waals surface area contributed by atoms with Crippen LogP contribution in [0.5, 0.6) is 11.5 Å². The summed E-state index contributed by atoms with van der Waals surface area (Å²) in [5, 5.41) is 0. The summed E-state index contributed by atoms with van der Waals surface area (Å²) in [5.74, 6) is 1.50. The minimum Gasteiger partial charge on any atom is -0.490 e. The van der Waals surface area contributed by atoms with Gasteiger partial charge in [-0.25, -0.2) is 0 Å². The lowest BCUT2D eigenvalue weighted by molar-refractivity contribution is 0.189. The Labute approximate surface area is 78.6 Å². The summed E-state index contributed by atoms with van der Waals surface area (Å²) in [4.78, 5) is 5.26. The summed E-state index contributed by atoms with van der Waals surface area (Å²) >= 11 is 0. The van der Waals surface area contributed by atoms with Gasteiger partial charge < -0.3 is 9.57 Å². The molecule has 0 saturated heterocycles. The van der Waals surface area contributed by atoms with Gasteiger partial charge in [-0.1, -0.05) is 12.1 Å². The van der Waals surface area contributed by atoms with Crippen molar-refractivity contribution in [3.8, 4) is 11.5 Å². The maximum absolute atomic E-state index is 5.37. The van der Waals surface area contributed by atoms with E-state index >= 15 is 0 Å². The van der Waals surface area contributed by atoms with Gasteiger partial charge in [0.1, 0.15) is 0 Å². The van der Waals surface area contributed by atoms with Crippen molar-refractivity contribution in [2.45, 2.75) is 13.8 Å². The second-order valence-corrected chi connectivity index (χ2v) is 2.48. The molecule has 3 nitrogen and oxygen atoms in total. The second kappa shape index (κ2) is 5.43. The van der Waals surface area contributed by atoms with E-state index in [2.05, 4.69) is 5.48 Å². The molecule has 0 aliphatic rings. The van der Waals surface area contributed by atoms with Crippen LogP contribution in [0.15, 0.2) is 24.3 Å². The zero-order valence-electron chi connectivity index (χ0n) is 8.04. The molecule has 0 aliphatic heterocycles. The molecule has 72 valence electrons. The fourth-order valence-electron chi connectivity index (χ4n) is 0.959. The van der Waals surface area contributed by atoms with E-state index in [4.69, 9.17) is 9.57 Å². The predicted molar refractivity (Wildman–Crippen MR) is 51.9 cm³/mol. The summed E-state index contributed by atoms with van der Waals surface area (Å²) in [6.07, 6.45) is 0. The summed E-state index contributed by atoms with van der Waals surface area (Å²) in [7, 11) is 0. The number of rotatable bonds is 5. The van der Waals surface area contributed by atoms with Gasteiger partial charge in [-0.3, -0.25) is 0 Å². The largest absolute Gasteiger partial charge is 0.490 e. The number of hydrogen-bond donors (Lipinski definition) is 1. The fraction of sp³-hybridized carbons (Fsp3) is 0.400. The Kier molecular flexibility index (Phi) is 4.12. The van der Waals surface area contributed by atoms with Crippen LogP contribution in [0.25, 0.3) is 0 Å². The molecule has 0 fully saturated rings. The third-order valence-electron chi connectivity index (χ3n) is 1.48. The van der Waals surface area contributed by atoms with Gasteiger partial charge >= 0.3 is 0 Å². The van der Waals surface area contributed by atoms with E-state index in [1.165, 1.54) is 0 Å². The maximum atomic E-state index is 5.37. The van der Waals surface area contributed by atoms with Crippen molar-refractivity contribution in [2.24, 2.45) is 0 Å². The molecule has 0 heterocycles. The first-order valence-electron chi connectivity index (χ1n) is 4.50. The van der Waals surface area contributed by atoms with Crippen LogP contribution in [-0.4, -0.2) is 13.2 Å². The van der Waals surface area contributed by atoms with E-state index in [0.717, 1.165) is 18.0 Å². The van der Waals surface area contributed by atoms with Crippen LogP contribution in [0, 0.1) is 0 Å². The zero-order valence-corrected chi connectivity index (χ0v) is 8.04. The zero-order chi connectivity index (χ0) is 9.52. The SMILES string of the molecule is CCNOc1ccccc1OCC. The monoisotopic (exact) mass is 181 g/mol. The van der Waals surface area contributed by atoms with Crippen LogP contribution >= 0.6 is 0 Å². The van der Waals surface area contributed by atoms with Gasteiger partial charge in [0.25, 0.3) is 0 Å². The van der Waals surface area contributed by atoms with Crippen LogP contribution in [0.1, 0.15) is 13.8 Å². The molecule has 0 unspecified atom stereocenters. The van der Waals surface area contributed by atoms with Crippen molar-refractivity contribution in [3.05, 3.63) is 24.3 Å². The second-order valence-electron chi connectivity index (χ2n) is 2.48. The summed E-state index contributed by atoms with van der Waals surface area (Å²) in [6, 6.07) is 7.59. The Morgan fingerprint density at radius 2 is 1.85 bits per heavy atom. The Hall–Kier alpha value is -1.22. The van der Waals surface area contributed by atoms with Gasteiger partial charge in [-0.05, 0) is 26.0 Å². The maximum Gasteiger partial charge on any atom is 0.188 e. The minimum absolute atomic E-state index is 0.645. The standard InChI is InChI=1S/C10H15NO2/c1-3-11-13-10-8-6-5-7-9(10)12-4-2/h5-8,11H,3-4H2,1-2H3. The summed E-state index contributed by atoms with van der Waals surface area (Å²) in [5.41, 5.74) is 2.78.